The van der Waals surface area contributed by atoms with Crippen molar-refractivity contribution in [1.82, 2.24) is 34.7 Å². The second-order valence-electron chi connectivity index (χ2n) is 8.76. The number of rotatable bonds is 3. The lowest BCUT2D eigenvalue weighted by Gasteiger charge is -2.33. The van der Waals surface area contributed by atoms with Gasteiger partial charge in [-0.3, -0.25) is 9.89 Å². The number of hydrogen-bond acceptors (Lipinski definition) is 7. The molecule has 0 spiro atoms. The molecule has 0 aliphatic carbocycles. The number of aromatic amines is 1. The molecule has 1 atom stereocenters. The summed E-state index contributed by atoms with van der Waals surface area (Å²) in [4.78, 5) is 23.1. The Morgan fingerprint density at radius 2 is 2.03 bits per heavy atom. The van der Waals surface area contributed by atoms with E-state index in [4.69, 9.17) is 0 Å². The van der Waals surface area contributed by atoms with Crippen LogP contribution in [-0.4, -0.2) is 68.3 Å². The van der Waals surface area contributed by atoms with Crippen molar-refractivity contribution in [2.45, 2.75) is 49.8 Å². The monoisotopic (exact) mass is 431 g/mol. The van der Waals surface area contributed by atoms with Gasteiger partial charge in [0.05, 0.1) is 11.9 Å². The molecule has 0 saturated carbocycles. The first-order valence-corrected chi connectivity index (χ1v) is 11.7. The normalized spacial score (nSPS) is 18.1. The van der Waals surface area contributed by atoms with Crippen LogP contribution in [0, 0.1) is 0 Å². The van der Waals surface area contributed by atoms with E-state index >= 15 is 0 Å². The van der Waals surface area contributed by atoms with Gasteiger partial charge >= 0.3 is 0 Å². The first-order chi connectivity index (χ1) is 14.1. The lowest BCUT2D eigenvalue weighted by Crippen LogP contribution is -2.40. The van der Waals surface area contributed by atoms with Crippen LogP contribution in [0.4, 0.5) is 0 Å². The zero-order valence-corrected chi connectivity index (χ0v) is 18.3. The fourth-order valence-corrected chi connectivity index (χ4v) is 4.68. The SMILES string of the molecule is CC(C)(C)c1cc(C(=O)N2CCCC(c3c(S(C)(=O)=O)cnc4ncnn34)C2)n[nH]1. The van der Waals surface area contributed by atoms with Crippen LogP contribution < -0.4 is 0 Å². The van der Waals surface area contributed by atoms with Crippen LogP contribution in [0.25, 0.3) is 5.78 Å². The minimum atomic E-state index is -3.53. The molecule has 1 aliphatic heterocycles. The molecule has 160 valence electrons. The van der Waals surface area contributed by atoms with Crippen molar-refractivity contribution in [2.24, 2.45) is 0 Å². The summed E-state index contributed by atoms with van der Waals surface area (Å²) in [6.45, 7) is 7.10. The van der Waals surface area contributed by atoms with Crippen molar-refractivity contribution in [3.8, 4) is 0 Å². The maximum Gasteiger partial charge on any atom is 0.274 e. The van der Waals surface area contributed by atoms with Gasteiger partial charge in [-0.1, -0.05) is 20.8 Å². The molecule has 11 heteroatoms. The number of fused-ring (bicyclic) bond motifs is 1. The van der Waals surface area contributed by atoms with E-state index in [1.807, 2.05) is 20.8 Å². The molecular formula is C19H25N7O3S. The zero-order valence-electron chi connectivity index (χ0n) is 17.5. The molecule has 4 rings (SSSR count). The molecule has 30 heavy (non-hydrogen) atoms. The lowest BCUT2D eigenvalue weighted by atomic mass is 9.92. The molecule has 4 heterocycles. The molecule has 1 saturated heterocycles. The quantitative estimate of drug-likeness (QED) is 0.667. The summed E-state index contributed by atoms with van der Waals surface area (Å²) in [7, 11) is -3.53. The minimum absolute atomic E-state index is 0.120. The highest BCUT2D eigenvalue weighted by Crippen LogP contribution is 2.32. The molecule has 0 radical (unpaired) electrons. The van der Waals surface area contributed by atoms with Crippen LogP contribution in [-0.2, 0) is 15.3 Å². The van der Waals surface area contributed by atoms with Crippen LogP contribution >= 0.6 is 0 Å². The number of aromatic nitrogens is 6. The summed E-state index contributed by atoms with van der Waals surface area (Å²) in [5.74, 6) is -0.0418. The van der Waals surface area contributed by atoms with E-state index in [1.165, 1.54) is 17.0 Å². The van der Waals surface area contributed by atoms with E-state index in [0.29, 0.717) is 30.3 Å². The largest absolute Gasteiger partial charge is 0.337 e. The number of carbonyl (C=O) groups is 1. The maximum absolute atomic E-state index is 13.1. The third-order valence-electron chi connectivity index (χ3n) is 5.41. The van der Waals surface area contributed by atoms with Crippen molar-refractivity contribution < 1.29 is 13.2 Å². The number of likely N-dealkylation sites (tertiary alicyclic amines) is 1. The summed E-state index contributed by atoms with van der Waals surface area (Å²) in [6.07, 6.45) is 5.31. The highest BCUT2D eigenvalue weighted by Gasteiger charge is 2.32. The third-order valence-corrected chi connectivity index (χ3v) is 6.52. The summed E-state index contributed by atoms with van der Waals surface area (Å²) >= 11 is 0. The van der Waals surface area contributed by atoms with Crippen molar-refractivity contribution in [3.05, 3.63) is 35.7 Å². The van der Waals surface area contributed by atoms with Crippen LogP contribution in [0.1, 0.15) is 61.4 Å². The van der Waals surface area contributed by atoms with E-state index in [0.717, 1.165) is 24.8 Å². The van der Waals surface area contributed by atoms with Crippen molar-refractivity contribution in [1.29, 1.82) is 0 Å². The molecule has 1 fully saturated rings. The van der Waals surface area contributed by atoms with E-state index in [2.05, 4.69) is 25.3 Å². The van der Waals surface area contributed by atoms with Gasteiger partial charge in [-0.05, 0) is 18.9 Å². The summed E-state index contributed by atoms with van der Waals surface area (Å²) in [6, 6.07) is 1.79. The highest BCUT2D eigenvalue weighted by atomic mass is 32.2. The van der Waals surface area contributed by atoms with Gasteiger partial charge in [0.1, 0.15) is 16.9 Å². The molecule has 1 N–H and O–H groups in total. The van der Waals surface area contributed by atoms with Gasteiger partial charge in [0.25, 0.3) is 11.7 Å². The van der Waals surface area contributed by atoms with E-state index in [-0.39, 0.29) is 22.1 Å². The number of carbonyl (C=O) groups excluding carboxylic acids is 1. The van der Waals surface area contributed by atoms with E-state index < -0.39 is 9.84 Å². The van der Waals surface area contributed by atoms with Gasteiger partial charge in [-0.25, -0.2) is 13.4 Å². The molecule has 3 aromatic heterocycles. The number of H-pyrrole nitrogens is 1. The predicted molar refractivity (Wildman–Crippen MR) is 109 cm³/mol. The molecule has 3 aromatic rings. The number of piperidine rings is 1. The summed E-state index contributed by atoms with van der Waals surface area (Å²) in [5.41, 5.74) is 1.63. The number of sulfone groups is 1. The second kappa shape index (κ2) is 7.15. The number of nitrogens with one attached hydrogen (secondary N) is 1. The van der Waals surface area contributed by atoms with Crippen LogP contribution in [0.5, 0.6) is 0 Å². The first kappa shape index (κ1) is 20.5. The molecule has 10 nitrogen and oxygen atoms in total. The molecule has 1 amide bonds. The van der Waals surface area contributed by atoms with Gasteiger partial charge in [0, 0.05) is 36.4 Å². The standard InChI is InChI=1S/C19H25N7O3S/c1-19(2,3)15-8-13(23-24-15)17(27)25-7-5-6-12(10-25)16-14(30(4,28)29)9-20-18-21-11-22-26(16)18/h8-9,11-12H,5-7,10H2,1-4H3,(H,23,24). The third kappa shape index (κ3) is 3.69. The molecule has 0 bridgehead atoms. The Morgan fingerprint density at radius 1 is 1.27 bits per heavy atom. The van der Waals surface area contributed by atoms with Crippen molar-refractivity contribution in [3.63, 3.8) is 0 Å². The topological polar surface area (TPSA) is 126 Å². The van der Waals surface area contributed by atoms with E-state index in [1.54, 1.807) is 11.0 Å². The number of hydrogen-bond donors (Lipinski definition) is 1. The Balaban J connectivity index is 1.67. The Morgan fingerprint density at radius 3 is 2.70 bits per heavy atom. The first-order valence-electron chi connectivity index (χ1n) is 9.79. The molecule has 1 unspecified atom stereocenters. The highest BCUT2D eigenvalue weighted by molar-refractivity contribution is 7.90. The predicted octanol–water partition coefficient (Wildman–Crippen LogP) is 1.57. The van der Waals surface area contributed by atoms with Crippen molar-refractivity contribution in [2.75, 3.05) is 19.3 Å². The molecular weight excluding hydrogens is 406 g/mol. The van der Waals surface area contributed by atoms with Gasteiger partial charge in [0.2, 0.25) is 0 Å². The average molecular weight is 432 g/mol. The van der Waals surface area contributed by atoms with Gasteiger partial charge in [-0.2, -0.15) is 19.7 Å². The molecule has 0 aromatic carbocycles. The smallest absolute Gasteiger partial charge is 0.274 e. The zero-order chi connectivity index (χ0) is 21.7. The second-order valence-corrected chi connectivity index (χ2v) is 10.7. The average Bonchev–Trinajstić information content (AvgIpc) is 3.35. The Hall–Kier alpha value is -2.82. The number of amides is 1. The van der Waals surface area contributed by atoms with Crippen LogP contribution in [0.3, 0.4) is 0 Å². The maximum atomic E-state index is 13.1. The van der Waals surface area contributed by atoms with Gasteiger partial charge in [0.15, 0.2) is 9.84 Å². The van der Waals surface area contributed by atoms with Gasteiger partial charge < -0.3 is 4.90 Å². The fraction of sp³-hybridized carbons (Fsp3) is 0.526. The van der Waals surface area contributed by atoms with Crippen LogP contribution in [0.2, 0.25) is 0 Å². The summed E-state index contributed by atoms with van der Waals surface area (Å²) < 4.78 is 26.3. The summed E-state index contributed by atoms with van der Waals surface area (Å²) in [5, 5.41) is 11.3. The van der Waals surface area contributed by atoms with Crippen molar-refractivity contribution >= 4 is 21.5 Å². The molecule has 1 aliphatic rings. The lowest BCUT2D eigenvalue weighted by molar-refractivity contribution is 0.0698. The Labute approximate surface area is 174 Å². The number of nitrogens with zero attached hydrogens (tertiary/aromatic N) is 6. The Kier molecular flexibility index (Phi) is 4.88. The van der Waals surface area contributed by atoms with Gasteiger partial charge in [-0.15, -0.1) is 0 Å². The fourth-order valence-electron chi connectivity index (χ4n) is 3.80. The van der Waals surface area contributed by atoms with Crippen LogP contribution in [0.15, 0.2) is 23.5 Å². The Bertz CT molecular complexity index is 1210. The minimum Gasteiger partial charge on any atom is -0.337 e. The van der Waals surface area contributed by atoms with E-state index in [9.17, 15) is 13.2 Å².